The molecule has 1 aliphatic carbocycles. The van der Waals surface area contributed by atoms with Crippen LogP contribution in [0.4, 0.5) is 0 Å². The lowest BCUT2D eigenvalue weighted by Crippen LogP contribution is -2.38. The van der Waals surface area contributed by atoms with Crippen molar-refractivity contribution in [3.63, 3.8) is 0 Å². The van der Waals surface area contributed by atoms with E-state index in [1.165, 1.54) is 18.4 Å². The van der Waals surface area contributed by atoms with Crippen LogP contribution in [0.1, 0.15) is 37.2 Å². The maximum absolute atomic E-state index is 5.69. The van der Waals surface area contributed by atoms with E-state index in [4.69, 9.17) is 10.6 Å². The summed E-state index contributed by atoms with van der Waals surface area (Å²) >= 11 is 0. The van der Waals surface area contributed by atoms with E-state index >= 15 is 0 Å². The lowest BCUT2D eigenvalue weighted by molar-refractivity contribution is 0.251. The summed E-state index contributed by atoms with van der Waals surface area (Å²) in [5, 5.41) is 0. The highest BCUT2D eigenvalue weighted by Gasteiger charge is 2.33. The minimum Gasteiger partial charge on any atom is -0.493 e. The van der Waals surface area contributed by atoms with Crippen LogP contribution >= 0.6 is 0 Å². The molecule has 1 heterocycles. The second-order valence-corrected chi connectivity index (χ2v) is 5.22. The third-order valence-electron chi connectivity index (χ3n) is 4.03. The average Bonchev–Trinajstić information content (AvgIpc) is 3.20. The van der Waals surface area contributed by atoms with Gasteiger partial charge in [-0.15, -0.1) is 0 Å². The summed E-state index contributed by atoms with van der Waals surface area (Å²) in [7, 11) is 0. The standard InChI is InChI=1S/C14H20N2O/c15-16-13(10-5-6-10)9-11-7-8-17-14-4-2-1-3-12(11)14/h1-4,10-11,13,16H,5-9,15H2. The summed E-state index contributed by atoms with van der Waals surface area (Å²) in [4.78, 5) is 0. The topological polar surface area (TPSA) is 47.3 Å². The van der Waals surface area contributed by atoms with Crippen molar-refractivity contribution in [2.75, 3.05) is 6.61 Å². The molecule has 0 aromatic heterocycles. The Morgan fingerprint density at radius 1 is 1.29 bits per heavy atom. The van der Waals surface area contributed by atoms with Crippen molar-refractivity contribution in [3.8, 4) is 5.75 Å². The zero-order chi connectivity index (χ0) is 11.7. The molecule has 92 valence electrons. The highest BCUT2D eigenvalue weighted by atomic mass is 16.5. The van der Waals surface area contributed by atoms with Crippen molar-refractivity contribution >= 4 is 0 Å². The Morgan fingerprint density at radius 2 is 2.12 bits per heavy atom. The molecule has 1 saturated carbocycles. The molecule has 2 unspecified atom stereocenters. The van der Waals surface area contributed by atoms with Gasteiger partial charge in [-0.3, -0.25) is 11.3 Å². The molecule has 1 aromatic carbocycles. The number of ether oxygens (including phenoxy) is 1. The molecule has 2 atom stereocenters. The molecule has 0 radical (unpaired) electrons. The fraction of sp³-hybridized carbons (Fsp3) is 0.571. The third-order valence-corrected chi connectivity index (χ3v) is 4.03. The Labute approximate surface area is 102 Å². The maximum Gasteiger partial charge on any atom is 0.122 e. The number of hydrogen-bond donors (Lipinski definition) is 2. The zero-order valence-electron chi connectivity index (χ0n) is 10.1. The highest BCUT2D eigenvalue weighted by Crippen LogP contribution is 2.41. The SMILES string of the molecule is NNC(CC1CCOc2ccccc21)C1CC1. The summed E-state index contributed by atoms with van der Waals surface area (Å²) in [6, 6.07) is 8.89. The molecule has 3 rings (SSSR count). The molecule has 17 heavy (non-hydrogen) atoms. The van der Waals surface area contributed by atoms with Crippen molar-refractivity contribution in [3.05, 3.63) is 29.8 Å². The Kier molecular flexibility index (Phi) is 3.04. The van der Waals surface area contributed by atoms with Crippen molar-refractivity contribution in [2.24, 2.45) is 11.8 Å². The van der Waals surface area contributed by atoms with Gasteiger partial charge in [-0.2, -0.15) is 0 Å². The summed E-state index contributed by atoms with van der Waals surface area (Å²) in [6.07, 6.45) is 4.92. The molecule has 3 nitrogen and oxygen atoms in total. The lowest BCUT2D eigenvalue weighted by Gasteiger charge is -2.28. The predicted molar refractivity (Wildman–Crippen MR) is 67.7 cm³/mol. The van der Waals surface area contributed by atoms with Crippen molar-refractivity contribution in [1.82, 2.24) is 5.43 Å². The third kappa shape index (κ3) is 2.31. The van der Waals surface area contributed by atoms with E-state index in [9.17, 15) is 0 Å². The second-order valence-electron chi connectivity index (χ2n) is 5.22. The van der Waals surface area contributed by atoms with Crippen LogP contribution in [0.25, 0.3) is 0 Å². The zero-order valence-corrected chi connectivity index (χ0v) is 10.1. The molecule has 3 heteroatoms. The van der Waals surface area contributed by atoms with Gasteiger partial charge in [0.05, 0.1) is 6.61 Å². The van der Waals surface area contributed by atoms with E-state index in [1.807, 2.05) is 6.07 Å². The molecule has 0 amide bonds. The number of hydrogen-bond acceptors (Lipinski definition) is 3. The Balaban J connectivity index is 1.75. The summed E-state index contributed by atoms with van der Waals surface area (Å²) in [6.45, 7) is 0.837. The van der Waals surface area contributed by atoms with Crippen molar-refractivity contribution in [1.29, 1.82) is 0 Å². The molecule has 1 aliphatic heterocycles. The predicted octanol–water partition coefficient (Wildman–Crippen LogP) is 2.18. The number of rotatable bonds is 4. The van der Waals surface area contributed by atoms with Crippen LogP contribution in [-0.4, -0.2) is 12.6 Å². The van der Waals surface area contributed by atoms with Gasteiger partial charge in [0, 0.05) is 6.04 Å². The molecule has 0 saturated heterocycles. The first-order valence-electron chi connectivity index (χ1n) is 6.56. The molecule has 0 spiro atoms. The van der Waals surface area contributed by atoms with Crippen LogP contribution in [-0.2, 0) is 0 Å². The first-order valence-corrected chi connectivity index (χ1v) is 6.56. The number of benzene rings is 1. The number of nitrogens with one attached hydrogen (secondary N) is 1. The smallest absolute Gasteiger partial charge is 0.122 e. The normalized spacial score (nSPS) is 24.9. The second kappa shape index (κ2) is 4.67. The van der Waals surface area contributed by atoms with Crippen molar-refractivity contribution in [2.45, 2.75) is 37.6 Å². The van der Waals surface area contributed by atoms with Crippen LogP contribution in [0.2, 0.25) is 0 Å². The van der Waals surface area contributed by atoms with E-state index in [0.717, 1.165) is 31.1 Å². The van der Waals surface area contributed by atoms with Crippen LogP contribution < -0.4 is 16.0 Å². The monoisotopic (exact) mass is 232 g/mol. The summed E-state index contributed by atoms with van der Waals surface area (Å²) < 4.78 is 5.69. The molecular formula is C14H20N2O. The van der Waals surface area contributed by atoms with Gasteiger partial charge < -0.3 is 4.74 Å². The van der Waals surface area contributed by atoms with Crippen LogP contribution in [0.5, 0.6) is 5.75 Å². The van der Waals surface area contributed by atoms with E-state index in [0.29, 0.717) is 12.0 Å². The first-order chi connectivity index (χ1) is 8.38. The minimum atomic E-state index is 0.478. The van der Waals surface area contributed by atoms with E-state index in [-0.39, 0.29) is 0 Å². The fourth-order valence-corrected chi connectivity index (χ4v) is 2.86. The van der Waals surface area contributed by atoms with Gasteiger partial charge in [0.1, 0.15) is 5.75 Å². The minimum absolute atomic E-state index is 0.478. The van der Waals surface area contributed by atoms with Gasteiger partial charge in [-0.1, -0.05) is 18.2 Å². The Morgan fingerprint density at radius 3 is 2.88 bits per heavy atom. The number of fused-ring (bicyclic) bond motifs is 1. The Hall–Kier alpha value is -1.06. The maximum atomic E-state index is 5.69. The number of para-hydroxylation sites is 1. The fourth-order valence-electron chi connectivity index (χ4n) is 2.86. The lowest BCUT2D eigenvalue weighted by atomic mass is 9.86. The number of hydrazine groups is 1. The number of nitrogens with two attached hydrogens (primary N) is 1. The summed E-state index contributed by atoms with van der Waals surface area (Å²) in [5.41, 5.74) is 4.36. The molecule has 2 aliphatic rings. The van der Waals surface area contributed by atoms with Gasteiger partial charge in [-0.05, 0) is 49.1 Å². The molecule has 1 fully saturated rings. The van der Waals surface area contributed by atoms with E-state index in [2.05, 4.69) is 23.6 Å². The molecule has 0 bridgehead atoms. The Bertz CT molecular complexity index is 390. The average molecular weight is 232 g/mol. The van der Waals surface area contributed by atoms with E-state index < -0.39 is 0 Å². The van der Waals surface area contributed by atoms with Gasteiger partial charge in [0.2, 0.25) is 0 Å². The van der Waals surface area contributed by atoms with Gasteiger partial charge >= 0.3 is 0 Å². The summed E-state index contributed by atoms with van der Waals surface area (Å²) in [5.74, 6) is 8.13. The molecular weight excluding hydrogens is 212 g/mol. The van der Waals surface area contributed by atoms with Crippen LogP contribution in [0.15, 0.2) is 24.3 Å². The van der Waals surface area contributed by atoms with Crippen molar-refractivity contribution < 1.29 is 4.74 Å². The van der Waals surface area contributed by atoms with Gasteiger partial charge in [0.25, 0.3) is 0 Å². The van der Waals surface area contributed by atoms with E-state index in [1.54, 1.807) is 0 Å². The van der Waals surface area contributed by atoms with Gasteiger partial charge in [0.15, 0.2) is 0 Å². The van der Waals surface area contributed by atoms with Crippen LogP contribution in [0, 0.1) is 5.92 Å². The van der Waals surface area contributed by atoms with Crippen LogP contribution in [0.3, 0.4) is 0 Å². The van der Waals surface area contributed by atoms with Gasteiger partial charge in [-0.25, -0.2) is 0 Å². The molecule has 1 aromatic rings. The molecule has 3 N–H and O–H groups in total. The first kappa shape index (κ1) is 11.1. The largest absolute Gasteiger partial charge is 0.493 e. The quantitative estimate of drug-likeness (QED) is 0.618. The highest BCUT2D eigenvalue weighted by molar-refractivity contribution is 5.37.